The van der Waals surface area contributed by atoms with Gasteiger partial charge in [-0.3, -0.25) is 9.38 Å². The summed E-state index contributed by atoms with van der Waals surface area (Å²) < 4.78 is 47.0. The molecule has 0 radical (unpaired) electrons. The molecule has 0 amide bonds. The van der Waals surface area contributed by atoms with Crippen molar-refractivity contribution in [1.82, 2.24) is 19.7 Å². The van der Waals surface area contributed by atoms with Gasteiger partial charge in [-0.25, -0.2) is 4.98 Å². The Labute approximate surface area is 196 Å². The first-order valence-corrected chi connectivity index (χ1v) is 10.3. The number of ether oxygens (including phenoxy) is 1. The second kappa shape index (κ2) is 9.55. The molecule has 1 N–H and O–H groups in total. The van der Waals surface area contributed by atoms with E-state index < -0.39 is 11.7 Å². The molecule has 5 nitrogen and oxygen atoms in total. The van der Waals surface area contributed by atoms with E-state index in [4.69, 9.17) is 9.72 Å². The summed E-state index contributed by atoms with van der Waals surface area (Å²) in [4.78, 5) is 8.98. The van der Waals surface area contributed by atoms with Crippen molar-refractivity contribution in [2.45, 2.75) is 37.5 Å². The molecular formula is C22H25Cl2F3N4O. The maximum absolute atomic E-state index is 13.1. The summed E-state index contributed by atoms with van der Waals surface area (Å²) in [7, 11) is 0. The molecule has 0 aromatic carbocycles. The fourth-order valence-electron chi connectivity index (χ4n) is 4.67. The van der Waals surface area contributed by atoms with Gasteiger partial charge < -0.3 is 10.1 Å². The highest BCUT2D eigenvalue weighted by Gasteiger charge is 2.41. The molecule has 3 aromatic heterocycles. The predicted molar refractivity (Wildman–Crippen MR) is 121 cm³/mol. The molecule has 5 heterocycles. The molecule has 0 aliphatic carbocycles. The van der Waals surface area contributed by atoms with Gasteiger partial charge in [0.2, 0.25) is 0 Å². The molecule has 174 valence electrons. The van der Waals surface area contributed by atoms with Crippen LogP contribution in [0.25, 0.3) is 17.0 Å². The Morgan fingerprint density at radius 3 is 2.66 bits per heavy atom. The van der Waals surface area contributed by atoms with E-state index in [9.17, 15) is 13.2 Å². The monoisotopic (exact) mass is 488 g/mol. The molecule has 2 aliphatic heterocycles. The van der Waals surface area contributed by atoms with Crippen molar-refractivity contribution in [3.63, 3.8) is 0 Å². The molecule has 1 spiro atoms. The third-order valence-corrected chi connectivity index (χ3v) is 6.20. The quantitative estimate of drug-likeness (QED) is 0.565. The van der Waals surface area contributed by atoms with Crippen molar-refractivity contribution < 1.29 is 17.9 Å². The summed E-state index contributed by atoms with van der Waals surface area (Å²) in [5, 5.41) is 3.38. The number of imidazole rings is 1. The molecule has 10 heteroatoms. The third kappa shape index (κ3) is 4.88. The minimum Gasteiger partial charge on any atom is -0.375 e. The van der Waals surface area contributed by atoms with Gasteiger partial charge >= 0.3 is 6.18 Å². The summed E-state index contributed by atoms with van der Waals surface area (Å²) in [6.45, 7) is 2.72. The van der Waals surface area contributed by atoms with Crippen LogP contribution in [-0.2, 0) is 17.3 Å². The molecule has 2 saturated heterocycles. The van der Waals surface area contributed by atoms with Crippen LogP contribution in [0.1, 0.15) is 30.5 Å². The molecular weight excluding hydrogens is 464 g/mol. The molecule has 1 atom stereocenters. The van der Waals surface area contributed by atoms with Gasteiger partial charge in [-0.15, -0.1) is 24.8 Å². The summed E-state index contributed by atoms with van der Waals surface area (Å²) in [5.41, 5.74) is 1.85. The lowest BCUT2D eigenvalue weighted by atomic mass is 9.85. The van der Waals surface area contributed by atoms with Crippen LogP contribution in [-0.4, -0.2) is 39.7 Å². The van der Waals surface area contributed by atoms with Gasteiger partial charge in [-0.2, -0.15) is 13.2 Å². The number of hydrogen-bond acceptors (Lipinski definition) is 4. The average molecular weight is 489 g/mol. The molecule has 5 rings (SSSR count). The highest BCUT2D eigenvalue weighted by Crippen LogP contribution is 2.38. The number of nitrogens with one attached hydrogen (secondary N) is 1. The Balaban J connectivity index is 0.00000144. The van der Waals surface area contributed by atoms with Crippen molar-refractivity contribution in [1.29, 1.82) is 0 Å². The van der Waals surface area contributed by atoms with E-state index in [0.717, 1.165) is 63.3 Å². The number of pyridine rings is 2. The van der Waals surface area contributed by atoms with Crippen LogP contribution in [0.4, 0.5) is 13.2 Å². The smallest absolute Gasteiger partial charge is 0.375 e. The van der Waals surface area contributed by atoms with E-state index in [1.807, 2.05) is 18.2 Å². The van der Waals surface area contributed by atoms with E-state index in [1.54, 1.807) is 6.20 Å². The summed E-state index contributed by atoms with van der Waals surface area (Å²) in [5.74, 6) is 0.407. The summed E-state index contributed by atoms with van der Waals surface area (Å²) >= 11 is 0. The minimum atomic E-state index is -4.40. The highest BCUT2D eigenvalue weighted by molar-refractivity contribution is 5.85. The van der Waals surface area contributed by atoms with E-state index in [-0.39, 0.29) is 30.4 Å². The Kier molecular flexibility index (Phi) is 7.39. The minimum absolute atomic E-state index is 0. The number of piperidine rings is 1. The summed E-state index contributed by atoms with van der Waals surface area (Å²) in [6, 6.07) is 8.12. The topological polar surface area (TPSA) is 51.5 Å². The van der Waals surface area contributed by atoms with Crippen LogP contribution in [0.15, 0.2) is 42.7 Å². The number of halogens is 5. The van der Waals surface area contributed by atoms with Crippen LogP contribution in [0.5, 0.6) is 0 Å². The number of fused-ring (bicyclic) bond motifs is 1. The van der Waals surface area contributed by atoms with E-state index in [0.29, 0.717) is 23.0 Å². The van der Waals surface area contributed by atoms with Gasteiger partial charge in [-0.05, 0) is 69.0 Å². The SMILES string of the molecule is Cl.Cl.FC(F)(F)c1ccc2ncc(-c3cccc(CC4COC5(CCNCC5)C4)n3)n2c1. The first-order chi connectivity index (χ1) is 14.4. The van der Waals surface area contributed by atoms with Crippen LogP contribution < -0.4 is 5.32 Å². The average Bonchev–Trinajstić information content (AvgIpc) is 3.32. The Morgan fingerprint density at radius 2 is 1.91 bits per heavy atom. The first-order valence-electron chi connectivity index (χ1n) is 10.3. The second-order valence-electron chi connectivity index (χ2n) is 8.32. The number of rotatable bonds is 3. The molecule has 0 saturated carbocycles. The Bertz CT molecular complexity index is 1070. The van der Waals surface area contributed by atoms with Gasteiger partial charge in [0, 0.05) is 11.9 Å². The standard InChI is InChI=1S/C22H23F3N4O.2ClH/c23-22(24,25)16-4-5-20-27-12-19(29(20)13-16)18-3-1-2-17(28-18)10-15-11-21(30-14-15)6-8-26-9-7-21;;/h1-5,12-13,15,26H,6-11,14H2;2*1H. The molecule has 2 aliphatic rings. The van der Waals surface area contributed by atoms with Crippen LogP contribution in [0, 0.1) is 5.92 Å². The van der Waals surface area contributed by atoms with E-state index in [2.05, 4.69) is 10.3 Å². The zero-order valence-electron chi connectivity index (χ0n) is 17.3. The normalized spacial score (nSPS) is 20.2. The lowest BCUT2D eigenvalue weighted by Gasteiger charge is -2.33. The molecule has 1 unspecified atom stereocenters. The van der Waals surface area contributed by atoms with Gasteiger partial charge in [0.05, 0.1) is 35.4 Å². The van der Waals surface area contributed by atoms with Crippen LogP contribution >= 0.6 is 24.8 Å². The van der Waals surface area contributed by atoms with Crippen molar-refractivity contribution in [3.8, 4) is 11.4 Å². The molecule has 0 bridgehead atoms. The zero-order valence-corrected chi connectivity index (χ0v) is 18.9. The van der Waals surface area contributed by atoms with Crippen molar-refractivity contribution >= 4 is 30.5 Å². The zero-order chi connectivity index (χ0) is 20.8. The second-order valence-corrected chi connectivity index (χ2v) is 8.32. The predicted octanol–water partition coefficient (Wildman–Crippen LogP) is 4.96. The molecule has 3 aromatic rings. The number of hydrogen-bond donors (Lipinski definition) is 1. The Hall–Kier alpha value is -1.87. The van der Waals surface area contributed by atoms with Gasteiger partial charge in [-0.1, -0.05) is 6.07 Å². The largest absolute Gasteiger partial charge is 0.417 e. The fraction of sp³-hybridized carbons (Fsp3) is 0.455. The fourth-order valence-corrected chi connectivity index (χ4v) is 4.67. The number of aromatic nitrogens is 3. The van der Waals surface area contributed by atoms with Crippen LogP contribution in [0.3, 0.4) is 0 Å². The van der Waals surface area contributed by atoms with Gasteiger partial charge in [0.15, 0.2) is 0 Å². The van der Waals surface area contributed by atoms with E-state index in [1.165, 1.54) is 10.5 Å². The maximum Gasteiger partial charge on any atom is 0.417 e. The van der Waals surface area contributed by atoms with Gasteiger partial charge in [0.25, 0.3) is 0 Å². The van der Waals surface area contributed by atoms with E-state index >= 15 is 0 Å². The molecule has 2 fully saturated rings. The number of alkyl halides is 3. The number of nitrogens with zero attached hydrogens (tertiary/aromatic N) is 3. The summed E-state index contributed by atoms with van der Waals surface area (Å²) in [6.07, 6.45) is 2.17. The van der Waals surface area contributed by atoms with Crippen LogP contribution in [0.2, 0.25) is 0 Å². The maximum atomic E-state index is 13.1. The molecule has 32 heavy (non-hydrogen) atoms. The van der Waals surface area contributed by atoms with Crippen molar-refractivity contribution in [2.75, 3.05) is 19.7 Å². The van der Waals surface area contributed by atoms with Crippen molar-refractivity contribution in [3.05, 3.63) is 54.0 Å². The Morgan fingerprint density at radius 1 is 1.12 bits per heavy atom. The highest BCUT2D eigenvalue weighted by atomic mass is 35.5. The lowest BCUT2D eigenvalue weighted by Crippen LogP contribution is -2.41. The first kappa shape index (κ1) is 24.8. The lowest BCUT2D eigenvalue weighted by molar-refractivity contribution is -0.137. The van der Waals surface area contributed by atoms with Gasteiger partial charge in [0.1, 0.15) is 5.65 Å². The third-order valence-electron chi connectivity index (χ3n) is 6.20. The van der Waals surface area contributed by atoms with Crippen molar-refractivity contribution in [2.24, 2.45) is 5.92 Å².